The van der Waals surface area contributed by atoms with Crippen molar-refractivity contribution >= 4 is 5.91 Å². The number of primary amides is 1. The van der Waals surface area contributed by atoms with Crippen molar-refractivity contribution in [3.05, 3.63) is 29.6 Å². The molecule has 2 rings (SSSR count). The van der Waals surface area contributed by atoms with E-state index in [9.17, 15) is 9.18 Å². The molecule has 1 amide bonds. The lowest BCUT2D eigenvalue weighted by Gasteiger charge is -2.24. The Balaban J connectivity index is 2.22. The molecule has 5 heteroatoms. The molecular formula is C14H19FN2O2. The number of nitrogens with two attached hydrogens (primary N) is 2. The smallest absolute Gasteiger partial charge is 0.255 e. The molecule has 1 fully saturated rings. The SMILES string of the molecule is NC(=O)c1c(F)cccc1OC1CCCCCC1N. The van der Waals surface area contributed by atoms with Gasteiger partial charge in [0.25, 0.3) is 5.91 Å². The summed E-state index contributed by atoms with van der Waals surface area (Å²) in [5.74, 6) is -1.29. The van der Waals surface area contributed by atoms with Gasteiger partial charge in [-0.3, -0.25) is 4.79 Å². The van der Waals surface area contributed by atoms with E-state index in [-0.39, 0.29) is 23.5 Å². The minimum Gasteiger partial charge on any atom is -0.488 e. The van der Waals surface area contributed by atoms with Crippen molar-refractivity contribution in [3.8, 4) is 5.75 Å². The van der Waals surface area contributed by atoms with Crippen LogP contribution < -0.4 is 16.2 Å². The van der Waals surface area contributed by atoms with E-state index in [0.717, 1.165) is 32.1 Å². The van der Waals surface area contributed by atoms with Crippen LogP contribution in [0.2, 0.25) is 0 Å². The van der Waals surface area contributed by atoms with Crippen LogP contribution in [0.1, 0.15) is 42.5 Å². The summed E-state index contributed by atoms with van der Waals surface area (Å²) in [7, 11) is 0. The van der Waals surface area contributed by atoms with Gasteiger partial charge >= 0.3 is 0 Å². The number of hydrogen-bond acceptors (Lipinski definition) is 3. The molecule has 1 aliphatic rings. The Bertz CT molecular complexity index is 465. The molecule has 4 nitrogen and oxygen atoms in total. The average Bonchev–Trinajstić information content (AvgIpc) is 2.54. The van der Waals surface area contributed by atoms with Crippen molar-refractivity contribution in [1.29, 1.82) is 0 Å². The quantitative estimate of drug-likeness (QED) is 0.821. The van der Waals surface area contributed by atoms with Gasteiger partial charge in [-0.15, -0.1) is 0 Å². The van der Waals surface area contributed by atoms with Crippen LogP contribution in [0.25, 0.3) is 0 Å². The first-order chi connectivity index (χ1) is 9.09. The van der Waals surface area contributed by atoms with Gasteiger partial charge < -0.3 is 16.2 Å². The minimum atomic E-state index is -0.824. The molecule has 0 aromatic heterocycles. The molecule has 19 heavy (non-hydrogen) atoms. The fourth-order valence-electron chi connectivity index (χ4n) is 2.45. The van der Waals surface area contributed by atoms with Gasteiger partial charge in [-0.2, -0.15) is 0 Å². The normalized spacial score (nSPS) is 23.7. The zero-order chi connectivity index (χ0) is 13.8. The molecule has 1 aliphatic carbocycles. The van der Waals surface area contributed by atoms with Crippen LogP contribution >= 0.6 is 0 Å². The number of carbonyl (C=O) groups excluding carboxylic acids is 1. The Morgan fingerprint density at radius 3 is 2.74 bits per heavy atom. The number of halogens is 1. The molecule has 0 saturated heterocycles. The highest BCUT2D eigenvalue weighted by Gasteiger charge is 2.24. The largest absolute Gasteiger partial charge is 0.488 e. The van der Waals surface area contributed by atoms with Crippen LogP contribution in [0, 0.1) is 5.82 Å². The summed E-state index contributed by atoms with van der Waals surface area (Å²) in [6, 6.07) is 4.16. The monoisotopic (exact) mass is 266 g/mol. The Kier molecular flexibility index (Phi) is 4.37. The summed E-state index contributed by atoms with van der Waals surface area (Å²) in [5, 5.41) is 0. The summed E-state index contributed by atoms with van der Waals surface area (Å²) < 4.78 is 19.4. The number of amides is 1. The number of ether oxygens (including phenoxy) is 1. The maximum Gasteiger partial charge on any atom is 0.255 e. The number of rotatable bonds is 3. The molecule has 0 bridgehead atoms. The lowest BCUT2D eigenvalue weighted by Crippen LogP contribution is -2.38. The minimum absolute atomic E-state index is 0.0912. The average molecular weight is 266 g/mol. The third kappa shape index (κ3) is 3.23. The first-order valence-electron chi connectivity index (χ1n) is 6.60. The highest BCUT2D eigenvalue weighted by Crippen LogP contribution is 2.26. The summed E-state index contributed by atoms with van der Waals surface area (Å²) in [6.07, 6.45) is 4.73. The summed E-state index contributed by atoms with van der Waals surface area (Å²) in [6.45, 7) is 0. The van der Waals surface area contributed by atoms with E-state index in [1.807, 2.05) is 0 Å². The Morgan fingerprint density at radius 1 is 1.26 bits per heavy atom. The van der Waals surface area contributed by atoms with E-state index in [4.69, 9.17) is 16.2 Å². The van der Waals surface area contributed by atoms with Gasteiger partial charge in [0.15, 0.2) is 0 Å². The predicted octanol–water partition coefficient (Wildman–Crippen LogP) is 1.96. The third-order valence-corrected chi connectivity index (χ3v) is 3.50. The molecule has 0 heterocycles. The molecule has 1 aromatic rings. The molecule has 4 N–H and O–H groups in total. The van der Waals surface area contributed by atoms with E-state index in [0.29, 0.717) is 0 Å². The topological polar surface area (TPSA) is 78.3 Å². The molecule has 1 aromatic carbocycles. The second-order valence-electron chi connectivity index (χ2n) is 4.94. The van der Waals surface area contributed by atoms with Gasteiger partial charge in [-0.05, 0) is 31.4 Å². The van der Waals surface area contributed by atoms with Gasteiger partial charge in [-0.1, -0.05) is 18.9 Å². The maximum absolute atomic E-state index is 13.6. The lowest BCUT2D eigenvalue weighted by atomic mass is 10.1. The Labute approximate surface area is 111 Å². The fraction of sp³-hybridized carbons (Fsp3) is 0.500. The van der Waals surface area contributed by atoms with Crippen molar-refractivity contribution in [3.63, 3.8) is 0 Å². The van der Waals surface area contributed by atoms with Crippen LogP contribution in [-0.2, 0) is 0 Å². The molecule has 0 aliphatic heterocycles. The number of carbonyl (C=O) groups is 1. The molecule has 1 saturated carbocycles. The first kappa shape index (κ1) is 13.8. The van der Waals surface area contributed by atoms with Crippen molar-refractivity contribution in [2.75, 3.05) is 0 Å². The van der Waals surface area contributed by atoms with E-state index < -0.39 is 11.7 Å². The van der Waals surface area contributed by atoms with E-state index in [1.54, 1.807) is 6.07 Å². The lowest BCUT2D eigenvalue weighted by molar-refractivity contribution is 0.0984. The van der Waals surface area contributed by atoms with Gasteiger partial charge in [0, 0.05) is 6.04 Å². The highest BCUT2D eigenvalue weighted by atomic mass is 19.1. The number of hydrogen-bond donors (Lipinski definition) is 2. The molecule has 0 spiro atoms. The third-order valence-electron chi connectivity index (χ3n) is 3.50. The zero-order valence-electron chi connectivity index (χ0n) is 10.8. The fourth-order valence-corrected chi connectivity index (χ4v) is 2.45. The second-order valence-corrected chi connectivity index (χ2v) is 4.94. The predicted molar refractivity (Wildman–Crippen MR) is 70.4 cm³/mol. The van der Waals surface area contributed by atoms with Crippen LogP contribution in [0.5, 0.6) is 5.75 Å². The highest BCUT2D eigenvalue weighted by molar-refractivity contribution is 5.95. The van der Waals surface area contributed by atoms with Crippen molar-refractivity contribution < 1.29 is 13.9 Å². The Hall–Kier alpha value is -1.62. The standard InChI is InChI=1S/C14H19FN2O2/c15-9-5-4-8-12(13(9)14(17)18)19-11-7-3-1-2-6-10(11)16/h4-5,8,10-11H,1-3,6-7,16H2,(H2,17,18). The van der Waals surface area contributed by atoms with Crippen molar-refractivity contribution in [1.82, 2.24) is 0 Å². The molecule has 0 radical (unpaired) electrons. The summed E-state index contributed by atoms with van der Waals surface area (Å²) in [5.41, 5.74) is 11.1. The molecular weight excluding hydrogens is 247 g/mol. The maximum atomic E-state index is 13.6. The number of benzene rings is 1. The Morgan fingerprint density at radius 2 is 2.00 bits per heavy atom. The van der Waals surface area contributed by atoms with Gasteiger partial charge in [0.1, 0.15) is 23.2 Å². The van der Waals surface area contributed by atoms with Crippen molar-refractivity contribution in [2.45, 2.75) is 44.2 Å². The zero-order valence-corrected chi connectivity index (χ0v) is 10.8. The summed E-state index contributed by atoms with van der Waals surface area (Å²) >= 11 is 0. The van der Waals surface area contributed by atoms with Gasteiger partial charge in [0.2, 0.25) is 0 Å². The van der Waals surface area contributed by atoms with E-state index in [1.165, 1.54) is 12.1 Å². The summed E-state index contributed by atoms with van der Waals surface area (Å²) in [4.78, 5) is 11.3. The van der Waals surface area contributed by atoms with Crippen molar-refractivity contribution in [2.24, 2.45) is 11.5 Å². The first-order valence-corrected chi connectivity index (χ1v) is 6.60. The van der Waals surface area contributed by atoms with E-state index in [2.05, 4.69) is 0 Å². The van der Waals surface area contributed by atoms with E-state index >= 15 is 0 Å². The van der Waals surface area contributed by atoms with Gasteiger partial charge in [0.05, 0.1) is 0 Å². The van der Waals surface area contributed by atoms with Crippen LogP contribution in [-0.4, -0.2) is 18.1 Å². The van der Waals surface area contributed by atoms with Crippen LogP contribution in [0.3, 0.4) is 0 Å². The molecule has 2 unspecified atom stereocenters. The molecule has 2 atom stereocenters. The van der Waals surface area contributed by atoms with Crippen LogP contribution in [0.4, 0.5) is 4.39 Å². The van der Waals surface area contributed by atoms with Gasteiger partial charge in [-0.25, -0.2) is 4.39 Å². The van der Waals surface area contributed by atoms with Crippen LogP contribution in [0.15, 0.2) is 18.2 Å². The second kappa shape index (κ2) is 6.02. The molecule has 104 valence electrons.